The number of carbonyl (C=O) groups is 2. The molecule has 0 bridgehead atoms. The van der Waals surface area contributed by atoms with E-state index in [1.165, 1.54) is 0 Å². The molecule has 1 aliphatic heterocycles. The quantitative estimate of drug-likeness (QED) is 0.809. The summed E-state index contributed by atoms with van der Waals surface area (Å²) in [6, 6.07) is 9.65. The van der Waals surface area contributed by atoms with E-state index in [2.05, 4.69) is 0 Å². The Bertz CT molecular complexity index is 482. The zero-order valence-electron chi connectivity index (χ0n) is 10.9. The monoisotopic (exact) mass is 258 g/mol. The Labute approximate surface area is 113 Å². The molecular weight excluding hydrogens is 240 g/mol. The van der Waals surface area contributed by atoms with E-state index < -0.39 is 0 Å². The molecule has 19 heavy (non-hydrogen) atoms. The van der Waals surface area contributed by atoms with Crippen molar-refractivity contribution in [2.75, 3.05) is 24.5 Å². The van der Waals surface area contributed by atoms with Gasteiger partial charge < -0.3 is 9.80 Å². The fraction of sp³-hybridized carbons (Fsp3) is 0.467. The van der Waals surface area contributed by atoms with Crippen LogP contribution in [0.4, 0.5) is 5.69 Å². The summed E-state index contributed by atoms with van der Waals surface area (Å²) in [6.45, 7) is 1.47. The molecule has 0 aromatic heterocycles. The number of piperazine rings is 1. The van der Waals surface area contributed by atoms with Crippen molar-refractivity contribution in [2.24, 2.45) is 5.92 Å². The molecule has 0 atom stereocenters. The molecule has 1 aliphatic carbocycles. The van der Waals surface area contributed by atoms with Gasteiger partial charge in [0.1, 0.15) is 6.54 Å². The molecule has 0 spiro atoms. The number of hydrogen-bond acceptors (Lipinski definition) is 2. The lowest BCUT2D eigenvalue weighted by atomic mass is 9.84. The van der Waals surface area contributed by atoms with Crippen LogP contribution in [0, 0.1) is 5.92 Å². The lowest BCUT2D eigenvalue weighted by Gasteiger charge is -2.37. The molecule has 1 saturated heterocycles. The molecule has 0 unspecified atom stereocenters. The zero-order valence-corrected chi connectivity index (χ0v) is 10.9. The van der Waals surface area contributed by atoms with E-state index in [0.29, 0.717) is 13.1 Å². The van der Waals surface area contributed by atoms with Gasteiger partial charge in [0, 0.05) is 24.7 Å². The smallest absolute Gasteiger partial charge is 0.246 e. The molecule has 100 valence electrons. The summed E-state index contributed by atoms with van der Waals surface area (Å²) in [5.74, 6) is 0.369. The molecule has 1 heterocycles. The van der Waals surface area contributed by atoms with Crippen molar-refractivity contribution in [3.8, 4) is 0 Å². The summed E-state index contributed by atoms with van der Waals surface area (Å²) >= 11 is 0. The Morgan fingerprint density at radius 1 is 1.11 bits per heavy atom. The molecule has 1 saturated carbocycles. The third kappa shape index (κ3) is 2.35. The van der Waals surface area contributed by atoms with Crippen LogP contribution in [0.2, 0.25) is 0 Å². The van der Waals surface area contributed by atoms with Crippen LogP contribution >= 0.6 is 0 Å². The number of hydrogen-bond donors (Lipinski definition) is 0. The van der Waals surface area contributed by atoms with Gasteiger partial charge in [0.25, 0.3) is 0 Å². The summed E-state index contributed by atoms with van der Waals surface area (Å²) < 4.78 is 0. The van der Waals surface area contributed by atoms with Crippen LogP contribution in [-0.2, 0) is 9.59 Å². The van der Waals surface area contributed by atoms with Gasteiger partial charge in [0.2, 0.25) is 11.8 Å². The Morgan fingerprint density at radius 3 is 2.42 bits per heavy atom. The number of carbonyl (C=O) groups excluding carboxylic acids is 2. The van der Waals surface area contributed by atoms with Crippen LogP contribution in [0.15, 0.2) is 30.3 Å². The SMILES string of the molecule is O=C(C1CCC1)N1CCN(c2ccccc2)C(=O)C1. The van der Waals surface area contributed by atoms with Crippen molar-refractivity contribution >= 4 is 17.5 Å². The first kappa shape index (κ1) is 12.2. The molecule has 2 fully saturated rings. The van der Waals surface area contributed by atoms with Crippen molar-refractivity contribution in [1.82, 2.24) is 4.90 Å². The summed E-state index contributed by atoms with van der Waals surface area (Å²) in [7, 11) is 0. The maximum absolute atomic E-state index is 12.2. The average molecular weight is 258 g/mol. The summed E-state index contributed by atoms with van der Waals surface area (Å²) in [5.41, 5.74) is 0.920. The van der Waals surface area contributed by atoms with E-state index in [4.69, 9.17) is 0 Å². The van der Waals surface area contributed by atoms with Crippen LogP contribution in [0.3, 0.4) is 0 Å². The predicted molar refractivity (Wildman–Crippen MR) is 72.7 cm³/mol. The summed E-state index contributed by atoms with van der Waals surface area (Å²) in [4.78, 5) is 27.8. The first-order valence-electron chi connectivity index (χ1n) is 6.90. The zero-order chi connectivity index (χ0) is 13.2. The maximum Gasteiger partial charge on any atom is 0.246 e. The highest BCUT2D eigenvalue weighted by Gasteiger charge is 2.34. The molecule has 2 amide bonds. The standard InChI is InChI=1S/C15H18N2O2/c18-14-11-16(15(19)12-5-4-6-12)9-10-17(14)13-7-2-1-3-8-13/h1-3,7-8,12H,4-6,9-11H2. The second-order valence-electron chi connectivity index (χ2n) is 5.27. The Hall–Kier alpha value is -1.84. The molecule has 0 N–H and O–H groups in total. The first-order chi connectivity index (χ1) is 9.25. The minimum atomic E-state index is 0.0186. The largest absolute Gasteiger partial charge is 0.331 e. The van der Waals surface area contributed by atoms with Crippen LogP contribution in [0.1, 0.15) is 19.3 Å². The van der Waals surface area contributed by atoms with E-state index in [-0.39, 0.29) is 24.3 Å². The lowest BCUT2D eigenvalue weighted by molar-refractivity contribution is -0.142. The van der Waals surface area contributed by atoms with Gasteiger partial charge in [-0.25, -0.2) is 0 Å². The van der Waals surface area contributed by atoms with Gasteiger partial charge in [-0.2, -0.15) is 0 Å². The lowest BCUT2D eigenvalue weighted by Crippen LogP contribution is -2.54. The van der Waals surface area contributed by atoms with Crippen molar-refractivity contribution in [2.45, 2.75) is 19.3 Å². The van der Waals surface area contributed by atoms with Gasteiger partial charge in [-0.15, -0.1) is 0 Å². The second kappa shape index (κ2) is 5.03. The average Bonchev–Trinajstić information content (AvgIpc) is 2.37. The van der Waals surface area contributed by atoms with E-state index in [0.717, 1.165) is 24.9 Å². The fourth-order valence-electron chi connectivity index (χ4n) is 2.66. The van der Waals surface area contributed by atoms with Gasteiger partial charge in [-0.1, -0.05) is 24.6 Å². The van der Waals surface area contributed by atoms with Crippen molar-refractivity contribution in [1.29, 1.82) is 0 Å². The highest BCUT2D eigenvalue weighted by molar-refractivity contribution is 5.98. The number of rotatable bonds is 2. The van der Waals surface area contributed by atoms with Gasteiger partial charge in [-0.3, -0.25) is 9.59 Å². The molecule has 1 aromatic rings. The topological polar surface area (TPSA) is 40.6 Å². The summed E-state index contributed by atoms with van der Waals surface area (Å²) in [6.07, 6.45) is 3.13. The first-order valence-corrected chi connectivity index (χ1v) is 6.90. The summed E-state index contributed by atoms with van der Waals surface area (Å²) in [5, 5.41) is 0. The van der Waals surface area contributed by atoms with Crippen molar-refractivity contribution < 1.29 is 9.59 Å². The number of benzene rings is 1. The van der Waals surface area contributed by atoms with Gasteiger partial charge in [-0.05, 0) is 25.0 Å². The van der Waals surface area contributed by atoms with E-state index >= 15 is 0 Å². The van der Waals surface area contributed by atoms with Gasteiger partial charge in [0.15, 0.2) is 0 Å². The minimum absolute atomic E-state index is 0.0186. The third-order valence-electron chi connectivity index (χ3n) is 4.05. The molecule has 0 radical (unpaired) electrons. The second-order valence-corrected chi connectivity index (χ2v) is 5.27. The van der Waals surface area contributed by atoms with Gasteiger partial charge >= 0.3 is 0 Å². The Balaban J connectivity index is 1.65. The Morgan fingerprint density at radius 2 is 1.84 bits per heavy atom. The normalized spacial score (nSPS) is 20.3. The van der Waals surface area contributed by atoms with E-state index in [1.54, 1.807) is 9.80 Å². The molecule has 2 aliphatic rings. The number of nitrogens with zero attached hydrogens (tertiary/aromatic N) is 2. The van der Waals surface area contributed by atoms with Gasteiger partial charge in [0.05, 0.1) is 0 Å². The number of para-hydroxylation sites is 1. The van der Waals surface area contributed by atoms with Crippen LogP contribution in [0.5, 0.6) is 0 Å². The van der Waals surface area contributed by atoms with E-state index in [1.807, 2.05) is 30.3 Å². The fourth-order valence-corrected chi connectivity index (χ4v) is 2.66. The molecule has 4 heteroatoms. The Kier molecular flexibility index (Phi) is 3.23. The third-order valence-corrected chi connectivity index (χ3v) is 4.05. The number of amides is 2. The number of anilines is 1. The predicted octanol–water partition coefficient (Wildman–Crippen LogP) is 1.66. The van der Waals surface area contributed by atoms with Crippen molar-refractivity contribution in [3.63, 3.8) is 0 Å². The molecule has 1 aromatic carbocycles. The minimum Gasteiger partial charge on any atom is -0.331 e. The molecular formula is C15H18N2O2. The van der Waals surface area contributed by atoms with E-state index in [9.17, 15) is 9.59 Å². The highest BCUT2D eigenvalue weighted by atomic mass is 16.2. The maximum atomic E-state index is 12.2. The van der Waals surface area contributed by atoms with Crippen molar-refractivity contribution in [3.05, 3.63) is 30.3 Å². The molecule has 4 nitrogen and oxygen atoms in total. The van der Waals surface area contributed by atoms with Crippen LogP contribution in [-0.4, -0.2) is 36.3 Å². The highest BCUT2D eigenvalue weighted by Crippen LogP contribution is 2.29. The molecule has 3 rings (SSSR count). The van der Waals surface area contributed by atoms with Crippen LogP contribution < -0.4 is 4.90 Å². The van der Waals surface area contributed by atoms with Crippen LogP contribution in [0.25, 0.3) is 0 Å².